The number of nitrogens with one attached hydrogen (secondary N) is 1. The van der Waals surface area contributed by atoms with Gasteiger partial charge in [0.05, 0.1) is 20.6 Å². The predicted molar refractivity (Wildman–Crippen MR) is 76.6 cm³/mol. The van der Waals surface area contributed by atoms with E-state index in [0.717, 1.165) is 31.0 Å². The van der Waals surface area contributed by atoms with Gasteiger partial charge in [0.25, 0.3) is 0 Å². The van der Waals surface area contributed by atoms with Crippen LogP contribution in [0, 0.1) is 0 Å². The maximum absolute atomic E-state index is 11.3. The zero-order valence-electron chi connectivity index (χ0n) is 12.3. The Kier molecular flexibility index (Phi) is 5.38. The molecule has 7 heteroatoms. The number of methoxy groups -OCH3 is 2. The number of benzene rings is 1. The lowest BCUT2D eigenvalue weighted by atomic mass is 9.98. The number of hydrogen-bond donors (Lipinski definition) is 2. The van der Waals surface area contributed by atoms with Crippen molar-refractivity contribution in [2.75, 3.05) is 27.3 Å². The lowest BCUT2D eigenvalue weighted by Gasteiger charge is -2.29. The number of nitrogens with zero attached hydrogens (tertiary/aromatic N) is 1. The van der Waals surface area contributed by atoms with Crippen LogP contribution in [0.15, 0.2) is 12.1 Å². The van der Waals surface area contributed by atoms with E-state index >= 15 is 0 Å². The SMILES string of the molecule is COc1cc2c(cc1OC)CN(CCC(=O)ONN)CC2. The molecule has 2 rings (SSSR count). The summed E-state index contributed by atoms with van der Waals surface area (Å²) >= 11 is 0. The molecule has 0 radical (unpaired) electrons. The molecule has 0 atom stereocenters. The van der Waals surface area contributed by atoms with E-state index in [2.05, 4.69) is 9.74 Å². The highest BCUT2D eigenvalue weighted by Gasteiger charge is 2.20. The Morgan fingerprint density at radius 3 is 2.57 bits per heavy atom. The van der Waals surface area contributed by atoms with Gasteiger partial charge in [0.2, 0.25) is 0 Å². The van der Waals surface area contributed by atoms with Crippen molar-refractivity contribution in [1.82, 2.24) is 10.5 Å². The van der Waals surface area contributed by atoms with Gasteiger partial charge in [-0.1, -0.05) is 5.59 Å². The number of hydrazine groups is 1. The van der Waals surface area contributed by atoms with Crippen molar-refractivity contribution < 1.29 is 19.1 Å². The molecule has 0 spiro atoms. The second-order valence-corrected chi connectivity index (χ2v) is 4.84. The zero-order chi connectivity index (χ0) is 15.2. The largest absolute Gasteiger partial charge is 0.493 e. The van der Waals surface area contributed by atoms with E-state index in [-0.39, 0.29) is 5.97 Å². The fourth-order valence-electron chi connectivity index (χ4n) is 2.50. The summed E-state index contributed by atoms with van der Waals surface area (Å²) in [6, 6.07) is 4.03. The Bertz CT molecular complexity index is 507. The molecule has 1 aliphatic heterocycles. The van der Waals surface area contributed by atoms with Crippen molar-refractivity contribution in [3.63, 3.8) is 0 Å². The van der Waals surface area contributed by atoms with Crippen molar-refractivity contribution in [2.24, 2.45) is 5.84 Å². The number of hydrogen-bond acceptors (Lipinski definition) is 7. The Morgan fingerprint density at radius 2 is 1.95 bits per heavy atom. The second kappa shape index (κ2) is 7.26. The minimum Gasteiger partial charge on any atom is -0.493 e. The standard InChI is InChI=1S/C14H21N3O4/c1-19-12-7-10-3-5-17(6-4-14(18)21-16-15)9-11(10)8-13(12)20-2/h7-8,16H,3-6,9,15H2,1-2H3. The summed E-state index contributed by atoms with van der Waals surface area (Å²) in [6.07, 6.45) is 1.21. The summed E-state index contributed by atoms with van der Waals surface area (Å²) in [5, 5.41) is 0. The van der Waals surface area contributed by atoms with Crippen LogP contribution in [0.2, 0.25) is 0 Å². The van der Waals surface area contributed by atoms with Crippen LogP contribution in [-0.2, 0) is 22.6 Å². The van der Waals surface area contributed by atoms with E-state index in [4.69, 9.17) is 15.3 Å². The number of ether oxygens (including phenoxy) is 2. The summed E-state index contributed by atoms with van der Waals surface area (Å²) < 4.78 is 10.6. The number of carbonyl (C=O) groups excluding carboxylic acids is 1. The van der Waals surface area contributed by atoms with Crippen LogP contribution >= 0.6 is 0 Å². The van der Waals surface area contributed by atoms with Gasteiger partial charge in [-0.25, -0.2) is 5.84 Å². The van der Waals surface area contributed by atoms with E-state index < -0.39 is 0 Å². The molecule has 0 fully saturated rings. The molecule has 1 heterocycles. The molecule has 116 valence electrons. The summed E-state index contributed by atoms with van der Waals surface area (Å²) in [5.41, 5.74) is 4.36. The molecule has 3 N–H and O–H groups in total. The molecular weight excluding hydrogens is 274 g/mol. The average molecular weight is 295 g/mol. The molecule has 0 aromatic heterocycles. The van der Waals surface area contributed by atoms with E-state index in [0.29, 0.717) is 13.0 Å². The van der Waals surface area contributed by atoms with Crippen LogP contribution in [-0.4, -0.2) is 38.2 Å². The molecule has 0 aliphatic carbocycles. The van der Waals surface area contributed by atoms with E-state index in [1.807, 2.05) is 17.7 Å². The molecule has 7 nitrogen and oxygen atoms in total. The van der Waals surface area contributed by atoms with E-state index in [9.17, 15) is 4.79 Å². The molecule has 0 unspecified atom stereocenters. The molecule has 21 heavy (non-hydrogen) atoms. The van der Waals surface area contributed by atoms with Gasteiger partial charge < -0.3 is 14.3 Å². The molecule has 0 saturated heterocycles. The van der Waals surface area contributed by atoms with Crippen molar-refractivity contribution >= 4 is 5.97 Å². The third kappa shape index (κ3) is 3.84. The average Bonchev–Trinajstić information content (AvgIpc) is 2.51. The fourth-order valence-corrected chi connectivity index (χ4v) is 2.50. The van der Waals surface area contributed by atoms with Crippen molar-refractivity contribution in [3.8, 4) is 11.5 Å². The Labute approximate surface area is 123 Å². The second-order valence-electron chi connectivity index (χ2n) is 4.84. The van der Waals surface area contributed by atoms with Crippen LogP contribution < -0.4 is 20.9 Å². The van der Waals surface area contributed by atoms with Gasteiger partial charge in [0, 0.05) is 19.6 Å². The molecule has 0 saturated carbocycles. The summed E-state index contributed by atoms with van der Waals surface area (Å²) in [7, 11) is 3.26. The molecule has 0 bridgehead atoms. The van der Waals surface area contributed by atoms with Crippen LogP contribution in [0.5, 0.6) is 11.5 Å². The van der Waals surface area contributed by atoms with E-state index in [1.165, 1.54) is 11.1 Å². The highest BCUT2D eigenvalue weighted by Crippen LogP contribution is 2.33. The zero-order valence-corrected chi connectivity index (χ0v) is 12.3. The molecular formula is C14H21N3O4. The summed E-state index contributed by atoms with van der Waals surface area (Å²) in [4.78, 5) is 18.0. The molecule has 1 aromatic carbocycles. The van der Waals surface area contributed by atoms with Crippen LogP contribution in [0.4, 0.5) is 0 Å². The normalized spacial score (nSPS) is 14.4. The number of fused-ring (bicyclic) bond motifs is 1. The highest BCUT2D eigenvalue weighted by atomic mass is 16.7. The first-order chi connectivity index (χ1) is 10.2. The third-order valence-electron chi connectivity index (χ3n) is 3.60. The van der Waals surface area contributed by atoms with E-state index in [1.54, 1.807) is 14.2 Å². The first-order valence-electron chi connectivity index (χ1n) is 6.79. The maximum Gasteiger partial charge on any atom is 0.327 e. The van der Waals surface area contributed by atoms with Crippen LogP contribution in [0.25, 0.3) is 0 Å². The predicted octanol–water partition coefficient (Wildman–Crippen LogP) is 0.374. The van der Waals surface area contributed by atoms with Gasteiger partial charge in [0.1, 0.15) is 0 Å². The first-order valence-corrected chi connectivity index (χ1v) is 6.79. The molecule has 0 amide bonds. The van der Waals surface area contributed by atoms with Crippen LogP contribution in [0.1, 0.15) is 17.5 Å². The summed E-state index contributed by atoms with van der Waals surface area (Å²) in [6.45, 7) is 2.30. The van der Waals surface area contributed by atoms with Gasteiger partial charge >= 0.3 is 5.97 Å². The topological polar surface area (TPSA) is 86.0 Å². The van der Waals surface area contributed by atoms with Gasteiger partial charge in [-0.15, -0.1) is 0 Å². The Hall–Kier alpha value is -1.83. The lowest BCUT2D eigenvalue weighted by Crippen LogP contribution is -2.34. The monoisotopic (exact) mass is 295 g/mol. The van der Waals surface area contributed by atoms with Crippen molar-refractivity contribution in [2.45, 2.75) is 19.4 Å². The quantitative estimate of drug-likeness (QED) is 0.579. The Morgan fingerprint density at radius 1 is 1.29 bits per heavy atom. The van der Waals surface area contributed by atoms with Gasteiger partial charge in [-0.05, 0) is 29.7 Å². The first kappa shape index (κ1) is 15.6. The summed E-state index contributed by atoms with van der Waals surface area (Å²) in [5.74, 6) is 6.04. The number of nitrogens with two attached hydrogens (primary N) is 1. The number of carbonyl (C=O) groups is 1. The smallest absolute Gasteiger partial charge is 0.327 e. The van der Waals surface area contributed by atoms with Gasteiger partial charge in [0.15, 0.2) is 11.5 Å². The minimum absolute atomic E-state index is 0.298. The van der Waals surface area contributed by atoms with Crippen molar-refractivity contribution in [1.29, 1.82) is 0 Å². The Balaban J connectivity index is 2.01. The van der Waals surface area contributed by atoms with Gasteiger partial charge in [-0.2, -0.15) is 0 Å². The maximum atomic E-state index is 11.3. The van der Waals surface area contributed by atoms with Gasteiger partial charge in [-0.3, -0.25) is 9.69 Å². The number of rotatable bonds is 6. The minimum atomic E-state index is -0.365. The van der Waals surface area contributed by atoms with Crippen LogP contribution in [0.3, 0.4) is 0 Å². The van der Waals surface area contributed by atoms with Crippen molar-refractivity contribution in [3.05, 3.63) is 23.3 Å². The fraction of sp³-hybridized carbons (Fsp3) is 0.500. The lowest BCUT2D eigenvalue weighted by molar-refractivity contribution is -0.151. The molecule has 1 aliphatic rings. The highest BCUT2D eigenvalue weighted by molar-refractivity contribution is 5.69. The molecule has 1 aromatic rings. The third-order valence-corrected chi connectivity index (χ3v) is 3.60.